The van der Waals surface area contributed by atoms with Crippen LogP contribution in [0, 0.1) is 11.6 Å². The van der Waals surface area contributed by atoms with Gasteiger partial charge in [-0.05, 0) is 29.6 Å². The third-order valence-electron chi connectivity index (χ3n) is 2.14. The van der Waals surface area contributed by atoms with Gasteiger partial charge < -0.3 is 5.73 Å². The second-order valence-electron chi connectivity index (χ2n) is 3.16. The second kappa shape index (κ2) is 4.08. The zero-order valence-electron chi connectivity index (χ0n) is 7.78. The lowest BCUT2D eigenvalue weighted by Crippen LogP contribution is -2.12. The molecule has 1 aromatic carbocycles. The first kappa shape index (κ1) is 10.3. The van der Waals surface area contributed by atoms with E-state index < -0.39 is 17.7 Å². The summed E-state index contributed by atoms with van der Waals surface area (Å²) in [5.41, 5.74) is 6.03. The summed E-state index contributed by atoms with van der Waals surface area (Å²) in [7, 11) is 0. The fourth-order valence-corrected chi connectivity index (χ4v) is 2.12. The van der Waals surface area contributed by atoms with Crippen molar-refractivity contribution in [3.63, 3.8) is 0 Å². The van der Waals surface area contributed by atoms with Crippen LogP contribution in [0.1, 0.15) is 16.5 Å². The molecule has 0 fully saturated rings. The van der Waals surface area contributed by atoms with Gasteiger partial charge in [0.2, 0.25) is 0 Å². The predicted octanol–water partition coefficient (Wildman–Crippen LogP) is 3.07. The maximum Gasteiger partial charge on any atom is 0.128 e. The van der Waals surface area contributed by atoms with Gasteiger partial charge in [-0.2, -0.15) is 0 Å². The van der Waals surface area contributed by atoms with Crippen LogP contribution in [0.3, 0.4) is 0 Å². The molecule has 0 aliphatic rings. The van der Waals surface area contributed by atoms with E-state index in [-0.39, 0.29) is 5.56 Å². The highest BCUT2D eigenvalue weighted by atomic mass is 32.1. The molecule has 1 nitrogen and oxygen atoms in total. The van der Waals surface area contributed by atoms with E-state index in [9.17, 15) is 8.78 Å². The molecule has 0 saturated carbocycles. The van der Waals surface area contributed by atoms with Crippen LogP contribution in [0.5, 0.6) is 0 Å². The van der Waals surface area contributed by atoms with Gasteiger partial charge in [0.25, 0.3) is 0 Å². The minimum absolute atomic E-state index is 0.192. The van der Waals surface area contributed by atoms with Crippen LogP contribution in [0.2, 0.25) is 0 Å². The smallest absolute Gasteiger partial charge is 0.128 e. The van der Waals surface area contributed by atoms with Gasteiger partial charge in [-0.3, -0.25) is 0 Å². The first-order valence-electron chi connectivity index (χ1n) is 4.42. The van der Waals surface area contributed by atoms with Crippen LogP contribution in [-0.4, -0.2) is 0 Å². The molecule has 0 unspecified atom stereocenters. The summed E-state index contributed by atoms with van der Waals surface area (Å²) in [5.74, 6) is -0.948. The van der Waals surface area contributed by atoms with Gasteiger partial charge in [-0.1, -0.05) is 6.07 Å². The standard InChI is InChI=1S/C11H9F2NS/c12-7-3-4-9(13)8(6-7)11(14)10-2-1-5-15-10/h1-6,11H,14H2/t11-/m0/s1. The Kier molecular flexibility index (Phi) is 2.79. The molecule has 15 heavy (non-hydrogen) atoms. The van der Waals surface area contributed by atoms with Gasteiger partial charge in [0.1, 0.15) is 11.6 Å². The molecule has 2 rings (SSSR count). The monoisotopic (exact) mass is 225 g/mol. The second-order valence-corrected chi connectivity index (χ2v) is 4.14. The highest BCUT2D eigenvalue weighted by molar-refractivity contribution is 7.10. The Morgan fingerprint density at radius 2 is 2.00 bits per heavy atom. The van der Waals surface area contributed by atoms with E-state index in [1.807, 2.05) is 11.4 Å². The predicted molar refractivity (Wildman–Crippen MR) is 56.7 cm³/mol. The van der Waals surface area contributed by atoms with Crippen molar-refractivity contribution in [3.05, 3.63) is 57.8 Å². The third kappa shape index (κ3) is 2.06. The lowest BCUT2D eigenvalue weighted by molar-refractivity contribution is 0.578. The number of benzene rings is 1. The maximum absolute atomic E-state index is 13.4. The van der Waals surface area contributed by atoms with Crippen molar-refractivity contribution in [3.8, 4) is 0 Å². The van der Waals surface area contributed by atoms with Crippen LogP contribution in [0.15, 0.2) is 35.7 Å². The number of thiophene rings is 1. The summed E-state index contributed by atoms with van der Waals surface area (Å²) >= 11 is 1.43. The average molecular weight is 225 g/mol. The van der Waals surface area contributed by atoms with Crippen molar-refractivity contribution < 1.29 is 8.78 Å². The van der Waals surface area contributed by atoms with E-state index in [0.717, 1.165) is 23.1 Å². The van der Waals surface area contributed by atoms with Crippen molar-refractivity contribution in [1.29, 1.82) is 0 Å². The first-order valence-corrected chi connectivity index (χ1v) is 5.30. The van der Waals surface area contributed by atoms with E-state index in [4.69, 9.17) is 5.73 Å². The van der Waals surface area contributed by atoms with Crippen LogP contribution >= 0.6 is 11.3 Å². The Bertz CT molecular complexity index is 454. The molecule has 0 aliphatic carbocycles. The molecule has 78 valence electrons. The molecule has 2 N–H and O–H groups in total. The number of hydrogen-bond acceptors (Lipinski definition) is 2. The molecular weight excluding hydrogens is 216 g/mol. The molecule has 0 aliphatic heterocycles. The SMILES string of the molecule is N[C@H](c1cccs1)c1cc(F)ccc1F. The molecule has 1 heterocycles. The molecule has 0 saturated heterocycles. The summed E-state index contributed by atoms with van der Waals surface area (Å²) < 4.78 is 26.3. The van der Waals surface area contributed by atoms with E-state index in [0.29, 0.717) is 0 Å². The summed E-state index contributed by atoms with van der Waals surface area (Å²) in [4.78, 5) is 0.819. The zero-order valence-corrected chi connectivity index (χ0v) is 8.60. The number of hydrogen-bond donors (Lipinski definition) is 1. The Labute approximate surface area is 90.2 Å². The molecular formula is C11H9F2NS. The van der Waals surface area contributed by atoms with E-state index in [1.54, 1.807) is 6.07 Å². The van der Waals surface area contributed by atoms with Crippen molar-refractivity contribution in [2.45, 2.75) is 6.04 Å². The summed E-state index contributed by atoms with van der Waals surface area (Å²) in [6.45, 7) is 0. The minimum atomic E-state index is -0.597. The van der Waals surface area contributed by atoms with E-state index in [1.165, 1.54) is 11.3 Å². The lowest BCUT2D eigenvalue weighted by atomic mass is 10.1. The third-order valence-corrected chi connectivity index (χ3v) is 3.10. The minimum Gasteiger partial charge on any atom is -0.320 e. The van der Waals surface area contributed by atoms with Gasteiger partial charge in [-0.25, -0.2) is 8.78 Å². The van der Waals surface area contributed by atoms with Crippen LogP contribution in [-0.2, 0) is 0 Å². The van der Waals surface area contributed by atoms with Crippen molar-refractivity contribution >= 4 is 11.3 Å². The summed E-state index contributed by atoms with van der Waals surface area (Å²) in [5, 5.41) is 1.85. The quantitative estimate of drug-likeness (QED) is 0.835. The highest BCUT2D eigenvalue weighted by Gasteiger charge is 2.14. The Hall–Kier alpha value is -1.26. The number of rotatable bonds is 2. The molecule has 0 amide bonds. The summed E-state index contributed by atoms with van der Waals surface area (Å²) in [6, 6.07) is 6.36. The fraction of sp³-hybridized carbons (Fsp3) is 0.0909. The van der Waals surface area contributed by atoms with Gasteiger partial charge in [-0.15, -0.1) is 11.3 Å². The largest absolute Gasteiger partial charge is 0.320 e. The highest BCUT2D eigenvalue weighted by Crippen LogP contribution is 2.25. The Balaban J connectivity index is 2.41. The van der Waals surface area contributed by atoms with Gasteiger partial charge >= 0.3 is 0 Å². The molecule has 0 radical (unpaired) electrons. The van der Waals surface area contributed by atoms with Crippen molar-refractivity contribution in [2.24, 2.45) is 5.73 Å². The van der Waals surface area contributed by atoms with E-state index >= 15 is 0 Å². The first-order chi connectivity index (χ1) is 7.18. The Morgan fingerprint density at radius 3 is 2.67 bits per heavy atom. The van der Waals surface area contributed by atoms with Gasteiger partial charge in [0.15, 0.2) is 0 Å². The molecule has 0 bridgehead atoms. The van der Waals surface area contributed by atoms with Crippen molar-refractivity contribution in [2.75, 3.05) is 0 Å². The van der Waals surface area contributed by atoms with Gasteiger partial charge in [0, 0.05) is 10.4 Å². The number of nitrogens with two attached hydrogens (primary N) is 1. The zero-order chi connectivity index (χ0) is 10.8. The van der Waals surface area contributed by atoms with Crippen LogP contribution in [0.25, 0.3) is 0 Å². The lowest BCUT2D eigenvalue weighted by Gasteiger charge is -2.10. The van der Waals surface area contributed by atoms with Gasteiger partial charge in [0.05, 0.1) is 6.04 Å². The molecule has 1 atom stereocenters. The van der Waals surface area contributed by atoms with Crippen LogP contribution in [0.4, 0.5) is 8.78 Å². The van der Waals surface area contributed by atoms with Crippen molar-refractivity contribution in [1.82, 2.24) is 0 Å². The Morgan fingerprint density at radius 1 is 1.20 bits per heavy atom. The topological polar surface area (TPSA) is 26.0 Å². The van der Waals surface area contributed by atoms with E-state index in [2.05, 4.69) is 0 Å². The normalized spacial score (nSPS) is 12.7. The molecule has 0 spiro atoms. The maximum atomic E-state index is 13.4. The molecule has 4 heteroatoms. The average Bonchev–Trinajstić information content (AvgIpc) is 2.74. The number of halogens is 2. The molecule has 2 aromatic rings. The van der Waals surface area contributed by atoms with Crippen LogP contribution < -0.4 is 5.73 Å². The summed E-state index contributed by atoms with van der Waals surface area (Å²) in [6.07, 6.45) is 0. The molecule has 1 aromatic heterocycles. The fourth-order valence-electron chi connectivity index (χ4n) is 1.37.